The van der Waals surface area contributed by atoms with Crippen molar-refractivity contribution in [3.8, 4) is 6.07 Å². The summed E-state index contributed by atoms with van der Waals surface area (Å²) in [7, 11) is 0. The van der Waals surface area contributed by atoms with Crippen molar-refractivity contribution in [3.63, 3.8) is 0 Å². The number of nitrogen functional groups attached to an aromatic ring is 1. The predicted molar refractivity (Wildman–Crippen MR) is 38.3 cm³/mol. The third kappa shape index (κ3) is 1.54. The Balaban J connectivity index is 3.38. The molecule has 0 bridgehead atoms. The van der Waals surface area contributed by atoms with E-state index in [0.29, 0.717) is 6.20 Å². The molecule has 0 amide bonds. The van der Waals surface area contributed by atoms with Gasteiger partial charge in [0, 0.05) is 6.20 Å². The summed E-state index contributed by atoms with van der Waals surface area (Å²) in [4.78, 5) is 2.98. The Morgan fingerprint density at radius 3 is 2.62 bits per heavy atom. The van der Waals surface area contributed by atoms with Crippen molar-refractivity contribution >= 4 is 5.69 Å². The Labute approximate surface area is 71.6 Å². The Morgan fingerprint density at radius 1 is 1.54 bits per heavy atom. The summed E-state index contributed by atoms with van der Waals surface area (Å²) >= 11 is 0. The van der Waals surface area contributed by atoms with Crippen LogP contribution in [-0.4, -0.2) is 4.98 Å². The van der Waals surface area contributed by atoms with Crippen LogP contribution in [0.1, 0.15) is 17.6 Å². The van der Waals surface area contributed by atoms with Gasteiger partial charge in [-0.25, -0.2) is 13.8 Å². The van der Waals surface area contributed by atoms with Crippen LogP contribution in [0.3, 0.4) is 0 Å². The van der Waals surface area contributed by atoms with Gasteiger partial charge in [-0.3, -0.25) is 0 Å². The highest BCUT2D eigenvalue weighted by Gasteiger charge is 2.17. The zero-order valence-electron chi connectivity index (χ0n) is 6.26. The Kier molecular flexibility index (Phi) is 2.37. The number of hydrogen-bond acceptors (Lipinski definition) is 3. The average Bonchev–Trinajstić information content (AvgIpc) is 2.04. The number of nitrogens with zero attached hydrogens (tertiary/aromatic N) is 2. The van der Waals surface area contributed by atoms with Crippen LogP contribution < -0.4 is 5.73 Å². The SMILES string of the molecule is N#Cc1c(F)ncc(C(F)F)c1N. The third-order valence-corrected chi connectivity index (χ3v) is 1.45. The number of alkyl halides is 2. The van der Waals surface area contributed by atoms with E-state index in [4.69, 9.17) is 11.0 Å². The van der Waals surface area contributed by atoms with E-state index >= 15 is 0 Å². The van der Waals surface area contributed by atoms with Gasteiger partial charge in [-0.2, -0.15) is 9.65 Å². The summed E-state index contributed by atoms with van der Waals surface area (Å²) in [6, 6.07) is 1.36. The van der Waals surface area contributed by atoms with Gasteiger partial charge in [-0.05, 0) is 0 Å². The molecule has 1 aromatic heterocycles. The quantitative estimate of drug-likeness (QED) is 0.679. The smallest absolute Gasteiger partial charge is 0.267 e. The fourth-order valence-corrected chi connectivity index (χ4v) is 0.796. The monoisotopic (exact) mass is 187 g/mol. The lowest BCUT2D eigenvalue weighted by atomic mass is 10.1. The largest absolute Gasteiger partial charge is 0.397 e. The molecule has 0 saturated carbocycles. The van der Waals surface area contributed by atoms with Gasteiger partial charge in [-0.15, -0.1) is 0 Å². The number of pyridine rings is 1. The minimum Gasteiger partial charge on any atom is -0.397 e. The zero-order chi connectivity index (χ0) is 10.0. The van der Waals surface area contributed by atoms with Crippen LogP contribution in [0, 0.1) is 17.3 Å². The highest BCUT2D eigenvalue weighted by atomic mass is 19.3. The van der Waals surface area contributed by atoms with E-state index in [0.717, 1.165) is 0 Å². The van der Waals surface area contributed by atoms with Crippen LogP contribution in [0.25, 0.3) is 0 Å². The second-order valence-electron chi connectivity index (χ2n) is 2.21. The topological polar surface area (TPSA) is 62.7 Å². The molecule has 1 rings (SSSR count). The first-order chi connectivity index (χ1) is 6.07. The van der Waals surface area contributed by atoms with Crippen LogP contribution in [0.15, 0.2) is 6.20 Å². The molecule has 0 aliphatic carbocycles. The van der Waals surface area contributed by atoms with Gasteiger partial charge < -0.3 is 5.73 Å². The molecule has 0 unspecified atom stereocenters. The van der Waals surface area contributed by atoms with Gasteiger partial charge in [0.15, 0.2) is 0 Å². The lowest BCUT2D eigenvalue weighted by Crippen LogP contribution is -2.02. The van der Waals surface area contributed by atoms with Crippen LogP contribution in [0.2, 0.25) is 0 Å². The standard InChI is InChI=1S/C7H4F3N3/c8-6(9)4-2-13-7(10)3(1-11)5(4)12/h2,6H,(H2,12,13). The van der Waals surface area contributed by atoms with E-state index in [2.05, 4.69) is 4.98 Å². The predicted octanol–water partition coefficient (Wildman–Crippen LogP) is 1.61. The van der Waals surface area contributed by atoms with E-state index in [-0.39, 0.29) is 0 Å². The fourth-order valence-electron chi connectivity index (χ4n) is 0.796. The van der Waals surface area contributed by atoms with Gasteiger partial charge in [0.05, 0.1) is 11.3 Å². The van der Waals surface area contributed by atoms with Crippen molar-refractivity contribution in [1.82, 2.24) is 4.98 Å². The maximum atomic E-state index is 12.6. The van der Waals surface area contributed by atoms with Gasteiger partial charge in [0.1, 0.15) is 11.6 Å². The van der Waals surface area contributed by atoms with Crippen molar-refractivity contribution in [2.75, 3.05) is 5.73 Å². The number of anilines is 1. The molecule has 1 heterocycles. The maximum Gasteiger partial charge on any atom is 0.267 e. The molecule has 0 atom stereocenters. The molecule has 68 valence electrons. The van der Waals surface area contributed by atoms with E-state index in [1.54, 1.807) is 0 Å². The molecule has 2 N–H and O–H groups in total. The number of aromatic nitrogens is 1. The van der Waals surface area contributed by atoms with Crippen molar-refractivity contribution in [1.29, 1.82) is 5.26 Å². The average molecular weight is 187 g/mol. The van der Waals surface area contributed by atoms with Crippen LogP contribution >= 0.6 is 0 Å². The summed E-state index contributed by atoms with van der Waals surface area (Å²) in [5.74, 6) is -1.13. The first kappa shape index (κ1) is 9.32. The molecule has 0 aliphatic heterocycles. The molecule has 0 saturated heterocycles. The fraction of sp³-hybridized carbons (Fsp3) is 0.143. The number of nitriles is 1. The molecule has 13 heavy (non-hydrogen) atoms. The molecule has 1 aromatic rings. The minimum atomic E-state index is -2.86. The van der Waals surface area contributed by atoms with Crippen molar-refractivity contribution in [3.05, 3.63) is 23.3 Å². The Hall–Kier alpha value is -1.77. The summed E-state index contributed by atoms with van der Waals surface area (Å²) in [6.07, 6.45) is -2.24. The zero-order valence-corrected chi connectivity index (χ0v) is 6.26. The molecule has 0 spiro atoms. The van der Waals surface area contributed by atoms with E-state index < -0.39 is 29.2 Å². The summed E-state index contributed by atoms with van der Waals surface area (Å²) in [5, 5.41) is 8.35. The lowest BCUT2D eigenvalue weighted by Gasteiger charge is -2.04. The van der Waals surface area contributed by atoms with Crippen LogP contribution in [-0.2, 0) is 0 Å². The van der Waals surface area contributed by atoms with Crippen LogP contribution in [0.4, 0.5) is 18.9 Å². The number of nitrogens with two attached hydrogens (primary N) is 1. The third-order valence-electron chi connectivity index (χ3n) is 1.45. The van der Waals surface area contributed by atoms with Crippen LogP contribution in [0.5, 0.6) is 0 Å². The molecule has 0 aromatic carbocycles. The van der Waals surface area contributed by atoms with E-state index in [1.807, 2.05) is 0 Å². The molecular formula is C7H4F3N3. The summed E-state index contributed by atoms with van der Waals surface area (Å²) in [6.45, 7) is 0. The van der Waals surface area contributed by atoms with Crippen molar-refractivity contribution in [2.45, 2.75) is 6.43 Å². The summed E-state index contributed by atoms with van der Waals surface area (Å²) in [5.41, 5.74) is 3.29. The molecule has 6 heteroatoms. The second-order valence-corrected chi connectivity index (χ2v) is 2.21. The number of hydrogen-bond donors (Lipinski definition) is 1. The van der Waals surface area contributed by atoms with E-state index in [9.17, 15) is 13.2 Å². The first-order valence-electron chi connectivity index (χ1n) is 3.20. The van der Waals surface area contributed by atoms with Gasteiger partial charge >= 0.3 is 0 Å². The molecule has 3 nitrogen and oxygen atoms in total. The van der Waals surface area contributed by atoms with Gasteiger partial charge in [-0.1, -0.05) is 0 Å². The first-order valence-corrected chi connectivity index (χ1v) is 3.20. The normalized spacial score (nSPS) is 10.1. The summed E-state index contributed by atoms with van der Waals surface area (Å²) < 4.78 is 36.9. The van der Waals surface area contributed by atoms with Gasteiger partial charge in [0.2, 0.25) is 5.95 Å². The second kappa shape index (κ2) is 3.31. The molecular weight excluding hydrogens is 183 g/mol. The number of rotatable bonds is 1. The lowest BCUT2D eigenvalue weighted by molar-refractivity contribution is 0.151. The van der Waals surface area contributed by atoms with Crippen molar-refractivity contribution in [2.24, 2.45) is 0 Å². The maximum absolute atomic E-state index is 12.6. The Bertz CT molecular complexity index is 370. The number of halogens is 3. The highest BCUT2D eigenvalue weighted by Crippen LogP contribution is 2.27. The Morgan fingerprint density at radius 2 is 2.15 bits per heavy atom. The van der Waals surface area contributed by atoms with E-state index in [1.165, 1.54) is 6.07 Å². The highest BCUT2D eigenvalue weighted by molar-refractivity contribution is 5.58. The van der Waals surface area contributed by atoms with Crippen molar-refractivity contribution < 1.29 is 13.2 Å². The molecule has 0 fully saturated rings. The molecule has 0 radical (unpaired) electrons. The van der Waals surface area contributed by atoms with Gasteiger partial charge in [0.25, 0.3) is 6.43 Å². The minimum absolute atomic E-state index is 0.551. The molecule has 0 aliphatic rings.